The van der Waals surface area contributed by atoms with Crippen molar-refractivity contribution < 1.29 is 18.9 Å². The van der Waals surface area contributed by atoms with E-state index >= 15 is 0 Å². The molecule has 0 aromatic carbocycles. The van der Waals surface area contributed by atoms with Crippen molar-refractivity contribution in [2.75, 3.05) is 19.6 Å². The quantitative estimate of drug-likeness (QED) is 0.583. The molecule has 0 aliphatic carbocycles. The van der Waals surface area contributed by atoms with E-state index in [0.717, 1.165) is 25.3 Å². The summed E-state index contributed by atoms with van der Waals surface area (Å²) in [5.74, 6) is -1.06. The number of carbonyl (C=O) groups is 2. The molecule has 9 heteroatoms. The number of rotatable bonds is 6. The van der Waals surface area contributed by atoms with Crippen LogP contribution in [0.4, 0.5) is 5.88 Å². The van der Waals surface area contributed by atoms with Crippen molar-refractivity contribution in [2.24, 2.45) is 5.73 Å². The van der Waals surface area contributed by atoms with Gasteiger partial charge in [-0.1, -0.05) is 0 Å². The lowest BCUT2D eigenvalue weighted by molar-refractivity contribution is -0.402. The highest BCUT2D eigenvalue weighted by molar-refractivity contribution is 5.92. The summed E-state index contributed by atoms with van der Waals surface area (Å²) in [6, 6.07) is 2.32. The number of amides is 2. The molecule has 0 saturated carbocycles. The zero-order valence-corrected chi connectivity index (χ0v) is 12.7. The molecule has 1 saturated heterocycles. The Labute approximate surface area is 132 Å². The molecular formula is C14H20N4O5. The molecule has 0 spiro atoms. The fourth-order valence-electron chi connectivity index (χ4n) is 2.61. The van der Waals surface area contributed by atoms with Crippen LogP contribution in [0.5, 0.6) is 0 Å². The first-order chi connectivity index (χ1) is 11.0. The number of nitrogens with two attached hydrogens (primary N) is 1. The third kappa shape index (κ3) is 4.28. The largest absolute Gasteiger partial charge is 0.433 e. The number of furan rings is 1. The predicted molar refractivity (Wildman–Crippen MR) is 80.7 cm³/mol. The zero-order valence-electron chi connectivity index (χ0n) is 12.7. The van der Waals surface area contributed by atoms with Crippen LogP contribution in [0.15, 0.2) is 16.5 Å². The molecule has 0 bridgehead atoms. The molecule has 1 unspecified atom stereocenters. The van der Waals surface area contributed by atoms with Crippen molar-refractivity contribution in [1.82, 2.24) is 10.2 Å². The average Bonchev–Trinajstić information content (AvgIpc) is 3.03. The van der Waals surface area contributed by atoms with E-state index < -0.39 is 16.7 Å². The number of nitrogens with zero attached hydrogens (tertiary/aromatic N) is 2. The van der Waals surface area contributed by atoms with E-state index in [1.165, 1.54) is 6.07 Å². The minimum absolute atomic E-state index is 0.0584. The monoisotopic (exact) mass is 324 g/mol. The minimum atomic E-state index is -0.683. The zero-order chi connectivity index (χ0) is 16.8. The van der Waals surface area contributed by atoms with Crippen LogP contribution in [0.1, 0.15) is 36.2 Å². The standard InChI is InChI=1S/C14H20N4O5/c15-7-6-12(19)16-9-10-3-1-2-8-17(10)14(20)11-4-5-13(23-11)18(21)22/h4-5,10H,1-3,6-9,15H2,(H,16,19). The second-order valence-corrected chi connectivity index (χ2v) is 5.39. The normalized spacial score (nSPS) is 17.8. The maximum Gasteiger partial charge on any atom is 0.433 e. The highest BCUT2D eigenvalue weighted by Gasteiger charge is 2.30. The Hall–Kier alpha value is -2.42. The molecule has 2 amide bonds. The first-order valence-corrected chi connectivity index (χ1v) is 7.55. The van der Waals surface area contributed by atoms with E-state index in [-0.39, 0.29) is 30.7 Å². The molecule has 1 atom stereocenters. The van der Waals surface area contributed by atoms with Gasteiger partial charge in [0.25, 0.3) is 5.91 Å². The van der Waals surface area contributed by atoms with Gasteiger partial charge < -0.3 is 20.4 Å². The van der Waals surface area contributed by atoms with E-state index in [1.807, 2.05) is 0 Å². The van der Waals surface area contributed by atoms with Crippen molar-refractivity contribution >= 4 is 17.7 Å². The summed E-state index contributed by atoms with van der Waals surface area (Å²) in [7, 11) is 0. The molecule has 2 heterocycles. The van der Waals surface area contributed by atoms with Crippen LogP contribution in [-0.4, -0.2) is 47.3 Å². The minimum Gasteiger partial charge on any atom is -0.395 e. The SMILES string of the molecule is NCCC(=O)NCC1CCCCN1C(=O)c1ccc([N+](=O)[O-])o1. The van der Waals surface area contributed by atoms with Crippen LogP contribution < -0.4 is 11.1 Å². The highest BCUT2D eigenvalue weighted by Crippen LogP contribution is 2.22. The van der Waals surface area contributed by atoms with Gasteiger partial charge in [0.15, 0.2) is 5.76 Å². The van der Waals surface area contributed by atoms with Crippen molar-refractivity contribution in [3.63, 3.8) is 0 Å². The van der Waals surface area contributed by atoms with Crippen LogP contribution in [0.25, 0.3) is 0 Å². The summed E-state index contributed by atoms with van der Waals surface area (Å²) in [4.78, 5) is 35.6. The number of piperidine rings is 1. The van der Waals surface area contributed by atoms with Gasteiger partial charge in [0.1, 0.15) is 4.92 Å². The van der Waals surface area contributed by atoms with Gasteiger partial charge in [0.05, 0.1) is 6.07 Å². The van der Waals surface area contributed by atoms with E-state index in [2.05, 4.69) is 5.32 Å². The molecule has 1 fully saturated rings. The Morgan fingerprint density at radius 3 is 2.87 bits per heavy atom. The maximum atomic E-state index is 12.5. The third-order valence-electron chi connectivity index (χ3n) is 3.78. The predicted octanol–water partition coefficient (Wildman–Crippen LogP) is 0.648. The Kier molecular flexibility index (Phi) is 5.69. The molecule has 1 aromatic rings. The first-order valence-electron chi connectivity index (χ1n) is 7.55. The van der Waals surface area contributed by atoms with Crippen LogP contribution in [0, 0.1) is 10.1 Å². The number of hydrogen-bond donors (Lipinski definition) is 2. The molecule has 126 valence electrons. The van der Waals surface area contributed by atoms with Crippen molar-refractivity contribution in [3.05, 3.63) is 28.0 Å². The molecule has 1 aromatic heterocycles. The molecule has 2 rings (SSSR count). The highest BCUT2D eigenvalue weighted by atomic mass is 16.6. The summed E-state index contributed by atoms with van der Waals surface area (Å²) in [6.45, 7) is 1.15. The molecule has 1 aliphatic rings. The molecule has 9 nitrogen and oxygen atoms in total. The van der Waals surface area contributed by atoms with Gasteiger partial charge in [0.2, 0.25) is 5.91 Å². The second-order valence-electron chi connectivity index (χ2n) is 5.39. The summed E-state index contributed by atoms with van der Waals surface area (Å²) >= 11 is 0. The number of hydrogen-bond acceptors (Lipinski definition) is 6. The second kappa shape index (κ2) is 7.73. The van der Waals surface area contributed by atoms with Gasteiger partial charge in [-0.15, -0.1) is 0 Å². The Balaban J connectivity index is 2.02. The summed E-state index contributed by atoms with van der Waals surface area (Å²) in [6.07, 6.45) is 2.81. The number of nitro groups is 1. The molecule has 23 heavy (non-hydrogen) atoms. The van der Waals surface area contributed by atoms with Gasteiger partial charge in [-0.3, -0.25) is 19.7 Å². The lowest BCUT2D eigenvalue weighted by atomic mass is 10.0. The molecular weight excluding hydrogens is 304 g/mol. The summed E-state index contributed by atoms with van der Waals surface area (Å²) < 4.78 is 4.98. The molecule has 1 aliphatic heterocycles. The first kappa shape index (κ1) is 16.9. The van der Waals surface area contributed by atoms with Gasteiger partial charge in [-0.05, 0) is 25.3 Å². The van der Waals surface area contributed by atoms with Crippen molar-refractivity contribution in [3.8, 4) is 0 Å². The van der Waals surface area contributed by atoms with Crippen LogP contribution >= 0.6 is 0 Å². The topological polar surface area (TPSA) is 132 Å². The molecule has 3 N–H and O–H groups in total. The Morgan fingerprint density at radius 2 is 2.22 bits per heavy atom. The van der Waals surface area contributed by atoms with E-state index in [9.17, 15) is 19.7 Å². The van der Waals surface area contributed by atoms with Gasteiger partial charge in [0, 0.05) is 32.1 Å². The Morgan fingerprint density at radius 1 is 1.43 bits per heavy atom. The lowest BCUT2D eigenvalue weighted by Gasteiger charge is -2.35. The number of carbonyl (C=O) groups excluding carboxylic acids is 2. The average molecular weight is 324 g/mol. The van der Waals surface area contributed by atoms with Gasteiger partial charge in [-0.25, -0.2) is 0 Å². The fraction of sp³-hybridized carbons (Fsp3) is 0.571. The van der Waals surface area contributed by atoms with E-state index in [0.29, 0.717) is 13.1 Å². The van der Waals surface area contributed by atoms with Crippen LogP contribution in [0.3, 0.4) is 0 Å². The van der Waals surface area contributed by atoms with Gasteiger partial charge in [-0.2, -0.15) is 0 Å². The summed E-state index contributed by atoms with van der Waals surface area (Å²) in [5, 5.41) is 13.4. The summed E-state index contributed by atoms with van der Waals surface area (Å²) in [5.41, 5.74) is 5.32. The Bertz CT molecular complexity index is 585. The third-order valence-corrected chi connectivity index (χ3v) is 3.78. The smallest absolute Gasteiger partial charge is 0.395 e. The van der Waals surface area contributed by atoms with Crippen LogP contribution in [-0.2, 0) is 4.79 Å². The number of nitrogens with one attached hydrogen (secondary N) is 1. The van der Waals surface area contributed by atoms with Crippen molar-refractivity contribution in [1.29, 1.82) is 0 Å². The maximum absolute atomic E-state index is 12.5. The fourth-order valence-corrected chi connectivity index (χ4v) is 2.61. The lowest BCUT2D eigenvalue weighted by Crippen LogP contribution is -2.49. The molecule has 0 radical (unpaired) electrons. The van der Waals surface area contributed by atoms with Crippen molar-refractivity contribution in [2.45, 2.75) is 31.7 Å². The van der Waals surface area contributed by atoms with Gasteiger partial charge >= 0.3 is 5.88 Å². The van der Waals surface area contributed by atoms with Crippen LogP contribution in [0.2, 0.25) is 0 Å². The van der Waals surface area contributed by atoms with E-state index in [4.69, 9.17) is 10.2 Å². The number of likely N-dealkylation sites (tertiary alicyclic amines) is 1. The van der Waals surface area contributed by atoms with E-state index in [1.54, 1.807) is 4.90 Å².